The van der Waals surface area contributed by atoms with Gasteiger partial charge in [-0.15, -0.1) is 11.3 Å². The first-order valence-electron chi connectivity index (χ1n) is 8.88. The highest BCUT2D eigenvalue weighted by Gasteiger charge is 2.28. The maximum absolute atomic E-state index is 12.8. The highest BCUT2D eigenvalue weighted by atomic mass is 32.1. The van der Waals surface area contributed by atoms with Gasteiger partial charge in [0.2, 0.25) is 0 Å². The quantitative estimate of drug-likeness (QED) is 0.796. The molecule has 3 rings (SSSR count). The molecule has 3 heterocycles. The van der Waals surface area contributed by atoms with Crippen LogP contribution < -0.4 is 0 Å². The Morgan fingerprint density at radius 1 is 1.48 bits per heavy atom. The van der Waals surface area contributed by atoms with Crippen molar-refractivity contribution >= 4 is 17.2 Å². The minimum absolute atomic E-state index is 0.155. The predicted octanol–water partition coefficient (Wildman–Crippen LogP) is 3.00. The lowest BCUT2D eigenvalue weighted by atomic mass is 10.1. The van der Waals surface area contributed by atoms with Gasteiger partial charge in [-0.25, -0.2) is 4.98 Å². The third-order valence-electron chi connectivity index (χ3n) is 4.92. The fraction of sp³-hybridized carbons (Fsp3) is 0.526. The number of carbonyl (C=O) groups is 1. The molecule has 0 bridgehead atoms. The zero-order valence-corrected chi connectivity index (χ0v) is 16.1. The maximum Gasteiger partial charge on any atom is 0.254 e. The molecule has 134 valence electrons. The number of nitrogens with zero attached hydrogens (tertiary/aromatic N) is 4. The van der Waals surface area contributed by atoms with E-state index in [0.29, 0.717) is 5.92 Å². The summed E-state index contributed by atoms with van der Waals surface area (Å²) in [6, 6.07) is 1.85. The zero-order chi connectivity index (χ0) is 17.8. The first-order valence-corrected chi connectivity index (χ1v) is 9.76. The third-order valence-corrected chi connectivity index (χ3v) is 5.84. The molecule has 0 saturated carbocycles. The summed E-state index contributed by atoms with van der Waals surface area (Å²) in [5, 5.41) is 0. The van der Waals surface area contributed by atoms with E-state index in [9.17, 15) is 4.79 Å². The molecule has 0 spiro atoms. The lowest BCUT2D eigenvalue weighted by molar-refractivity contribution is 0.0783. The Morgan fingerprint density at radius 2 is 2.32 bits per heavy atom. The largest absolute Gasteiger partial charge is 0.338 e. The van der Waals surface area contributed by atoms with Gasteiger partial charge in [0.05, 0.1) is 11.2 Å². The standard InChI is InChI=1S/C19H26N4OS/c1-4-16-9-20-7-5-17(16)19(24)23-8-6-15(11-23)10-22(3)12-18-14(2)21-13-25-18/h5,7,9,13,15H,4,6,8,10-12H2,1-3H3. The molecular formula is C19H26N4OS. The van der Waals surface area contributed by atoms with Crippen molar-refractivity contribution in [3.8, 4) is 0 Å². The molecule has 1 aliphatic rings. The average molecular weight is 359 g/mol. The summed E-state index contributed by atoms with van der Waals surface area (Å²) in [6.07, 6.45) is 5.44. The minimum atomic E-state index is 0.155. The van der Waals surface area contributed by atoms with Crippen molar-refractivity contribution in [2.75, 3.05) is 26.7 Å². The summed E-state index contributed by atoms with van der Waals surface area (Å²) in [7, 11) is 2.15. The third kappa shape index (κ3) is 4.25. The van der Waals surface area contributed by atoms with E-state index >= 15 is 0 Å². The number of likely N-dealkylation sites (tertiary alicyclic amines) is 1. The van der Waals surface area contributed by atoms with Gasteiger partial charge in [-0.05, 0) is 44.4 Å². The Kier molecular flexibility index (Phi) is 5.81. The van der Waals surface area contributed by atoms with E-state index in [1.807, 2.05) is 22.7 Å². The topological polar surface area (TPSA) is 49.3 Å². The van der Waals surface area contributed by atoms with E-state index in [-0.39, 0.29) is 5.91 Å². The highest BCUT2D eigenvalue weighted by Crippen LogP contribution is 2.22. The van der Waals surface area contributed by atoms with Crippen LogP contribution >= 0.6 is 11.3 Å². The summed E-state index contributed by atoms with van der Waals surface area (Å²) in [5.74, 6) is 0.691. The van der Waals surface area contributed by atoms with Crippen molar-refractivity contribution in [1.29, 1.82) is 0 Å². The van der Waals surface area contributed by atoms with Crippen molar-refractivity contribution < 1.29 is 4.79 Å². The normalized spacial score (nSPS) is 17.4. The van der Waals surface area contributed by atoms with Crippen molar-refractivity contribution in [2.24, 2.45) is 5.92 Å². The molecule has 2 aromatic heterocycles. The maximum atomic E-state index is 12.8. The van der Waals surface area contributed by atoms with E-state index in [1.165, 1.54) is 4.88 Å². The molecule has 1 fully saturated rings. The van der Waals surface area contributed by atoms with Crippen molar-refractivity contribution in [3.63, 3.8) is 0 Å². The molecule has 0 aliphatic carbocycles. The van der Waals surface area contributed by atoms with Crippen LogP contribution in [0.5, 0.6) is 0 Å². The number of hydrogen-bond donors (Lipinski definition) is 0. The first-order chi connectivity index (χ1) is 12.1. The van der Waals surface area contributed by atoms with Crippen LogP contribution in [0.2, 0.25) is 0 Å². The molecule has 2 aromatic rings. The number of thiazole rings is 1. The smallest absolute Gasteiger partial charge is 0.254 e. The molecule has 6 heteroatoms. The number of aryl methyl sites for hydroxylation is 2. The Labute approximate surface area is 153 Å². The van der Waals surface area contributed by atoms with E-state index in [2.05, 4.69) is 35.8 Å². The van der Waals surface area contributed by atoms with Crippen molar-refractivity contribution in [2.45, 2.75) is 33.2 Å². The number of pyridine rings is 1. The molecule has 5 nitrogen and oxygen atoms in total. The van der Waals surface area contributed by atoms with Crippen molar-refractivity contribution in [3.05, 3.63) is 45.7 Å². The molecule has 1 unspecified atom stereocenters. The Bertz CT molecular complexity index is 730. The summed E-state index contributed by atoms with van der Waals surface area (Å²) < 4.78 is 0. The fourth-order valence-electron chi connectivity index (χ4n) is 3.48. The molecule has 1 amide bonds. The van der Waals surface area contributed by atoms with E-state index in [1.54, 1.807) is 17.5 Å². The zero-order valence-electron chi connectivity index (χ0n) is 15.2. The van der Waals surface area contributed by atoms with Crippen LogP contribution in [0.3, 0.4) is 0 Å². The van der Waals surface area contributed by atoms with Crippen LogP contribution in [0, 0.1) is 12.8 Å². The minimum Gasteiger partial charge on any atom is -0.338 e. The Balaban J connectivity index is 1.56. The second-order valence-corrected chi connectivity index (χ2v) is 7.79. The van der Waals surface area contributed by atoms with Gasteiger partial charge in [0, 0.05) is 49.0 Å². The van der Waals surface area contributed by atoms with Crippen LogP contribution in [-0.4, -0.2) is 52.4 Å². The highest BCUT2D eigenvalue weighted by molar-refractivity contribution is 7.09. The second-order valence-electron chi connectivity index (χ2n) is 6.85. The van der Waals surface area contributed by atoms with E-state index in [4.69, 9.17) is 0 Å². The van der Waals surface area contributed by atoms with Gasteiger partial charge in [0.25, 0.3) is 5.91 Å². The van der Waals surface area contributed by atoms with Crippen LogP contribution in [0.15, 0.2) is 24.0 Å². The fourth-order valence-corrected chi connectivity index (χ4v) is 4.34. The van der Waals surface area contributed by atoms with Gasteiger partial charge in [-0.1, -0.05) is 6.92 Å². The number of carbonyl (C=O) groups excluding carboxylic acids is 1. The van der Waals surface area contributed by atoms with Gasteiger partial charge in [-0.2, -0.15) is 0 Å². The SMILES string of the molecule is CCc1cnccc1C(=O)N1CCC(CN(C)Cc2scnc2C)C1. The van der Waals surface area contributed by atoms with Crippen LogP contribution in [-0.2, 0) is 13.0 Å². The van der Waals surface area contributed by atoms with Crippen LogP contribution in [0.4, 0.5) is 0 Å². The molecule has 1 aliphatic heterocycles. The lowest BCUT2D eigenvalue weighted by Crippen LogP contribution is -2.32. The predicted molar refractivity (Wildman–Crippen MR) is 101 cm³/mol. The number of rotatable bonds is 6. The molecule has 0 N–H and O–H groups in total. The summed E-state index contributed by atoms with van der Waals surface area (Å²) in [4.78, 5) is 27.0. The average Bonchev–Trinajstić information content (AvgIpc) is 3.24. The van der Waals surface area contributed by atoms with E-state index in [0.717, 1.165) is 55.8 Å². The summed E-state index contributed by atoms with van der Waals surface area (Å²) in [6.45, 7) is 7.77. The molecule has 1 atom stereocenters. The molecule has 0 aromatic carbocycles. The number of amides is 1. The van der Waals surface area contributed by atoms with Gasteiger partial charge in [0.1, 0.15) is 0 Å². The Hall–Kier alpha value is -1.79. The monoisotopic (exact) mass is 358 g/mol. The molecule has 1 saturated heterocycles. The first kappa shape index (κ1) is 18.0. The summed E-state index contributed by atoms with van der Waals surface area (Å²) in [5.41, 5.74) is 4.89. The van der Waals surface area contributed by atoms with Crippen molar-refractivity contribution in [1.82, 2.24) is 19.8 Å². The van der Waals surface area contributed by atoms with Gasteiger partial charge in [0.15, 0.2) is 0 Å². The van der Waals surface area contributed by atoms with Gasteiger partial charge < -0.3 is 9.80 Å². The van der Waals surface area contributed by atoms with Gasteiger partial charge in [-0.3, -0.25) is 9.78 Å². The van der Waals surface area contributed by atoms with E-state index < -0.39 is 0 Å². The van der Waals surface area contributed by atoms with Gasteiger partial charge >= 0.3 is 0 Å². The lowest BCUT2D eigenvalue weighted by Gasteiger charge is -2.22. The van der Waals surface area contributed by atoms with Crippen LogP contribution in [0.25, 0.3) is 0 Å². The molecular weight excluding hydrogens is 332 g/mol. The summed E-state index contributed by atoms with van der Waals surface area (Å²) >= 11 is 1.72. The van der Waals surface area contributed by atoms with Crippen LogP contribution in [0.1, 0.15) is 39.8 Å². The number of aromatic nitrogens is 2. The molecule has 0 radical (unpaired) electrons. The second kappa shape index (κ2) is 8.06. The Morgan fingerprint density at radius 3 is 3.04 bits per heavy atom. The number of hydrogen-bond acceptors (Lipinski definition) is 5. The molecule has 25 heavy (non-hydrogen) atoms.